The number of nitrogens with two attached hydrogens (primary N) is 1. The third-order valence-corrected chi connectivity index (χ3v) is 3.10. The first kappa shape index (κ1) is 11.9. The molecule has 2 unspecified atom stereocenters. The van der Waals surface area contributed by atoms with E-state index in [9.17, 15) is 4.79 Å². The molecule has 0 spiro atoms. The summed E-state index contributed by atoms with van der Waals surface area (Å²) in [5.74, 6) is -0.0000463. The van der Waals surface area contributed by atoms with Crippen molar-refractivity contribution < 1.29 is 9.53 Å². The minimum Gasteiger partial charge on any atom is -0.399 e. The van der Waals surface area contributed by atoms with Crippen LogP contribution in [0.25, 0.3) is 0 Å². The largest absolute Gasteiger partial charge is 0.399 e. The van der Waals surface area contributed by atoms with Gasteiger partial charge in [-0.15, -0.1) is 0 Å². The standard InChI is InChI=1S/C13H18N2O2/c1-9-6-7-12(17-9)13(16)15(2)11-5-3-4-10(14)8-11/h3-5,8-9,12H,6-7,14H2,1-2H3. The Morgan fingerprint density at radius 1 is 1.47 bits per heavy atom. The van der Waals surface area contributed by atoms with Crippen LogP contribution in [0.1, 0.15) is 19.8 Å². The Morgan fingerprint density at radius 3 is 2.82 bits per heavy atom. The number of benzene rings is 1. The predicted molar refractivity (Wildman–Crippen MR) is 67.8 cm³/mol. The van der Waals surface area contributed by atoms with Gasteiger partial charge in [0.25, 0.3) is 5.91 Å². The second kappa shape index (κ2) is 4.75. The molecule has 1 aromatic rings. The Bertz CT molecular complexity index is 420. The Labute approximate surface area is 101 Å². The van der Waals surface area contributed by atoms with Gasteiger partial charge < -0.3 is 15.4 Å². The number of amides is 1. The summed E-state index contributed by atoms with van der Waals surface area (Å²) >= 11 is 0. The van der Waals surface area contributed by atoms with Crippen LogP contribution in [0, 0.1) is 0 Å². The number of anilines is 2. The number of carbonyl (C=O) groups excluding carboxylic acids is 1. The first-order chi connectivity index (χ1) is 8.08. The van der Waals surface area contributed by atoms with Crippen LogP contribution in [0.2, 0.25) is 0 Å². The fourth-order valence-electron chi connectivity index (χ4n) is 2.06. The highest BCUT2D eigenvalue weighted by molar-refractivity contribution is 5.96. The van der Waals surface area contributed by atoms with Crippen molar-refractivity contribution in [2.24, 2.45) is 0 Å². The second-order valence-electron chi connectivity index (χ2n) is 4.50. The average molecular weight is 234 g/mol. The molecule has 0 bridgehead atoms. The summed E-state index contributed by atoms with van der Waals surface area (Å²) in [6.07, 6.45) is 1.61. The molecular formula is C13H18N2O2. The molecule has 0 aromatic heterocycles. The third kappa shape index (κ3) is 2.58. The second-order valence-corrected chi connectivity index (χ2v) is 4.50. The molecule has 1 aliphatic heterocycles. The van der Waals surface area contributed by atoms with Crippen LogP contribution in [0.3, 0.4) is 0 Å². The molecule has 2 rings (SSSR count). The van der Waals surface area contributed by atoms with E-state index in [2.05, 4.69) is 0 Å². The van der Waals surface area contributed by atoms with Crippen LogP contribution in [-0.2, 0) is 9.53 Å². The summed E-state index contributed by atoms with van der Waals surface area (Å²) in [4.78, 5) is 13.8. The van der Waals surface area contributed by atoms with Gasteiger partial charge in [-0.3, -0.25) is 4.79 Å². The van der Waals surface area contributed by atoms with Gasteiger partial charge in [0.1, 0.15) is 6.10 Å². The highest BCUT2D eigenvalue weighted by Gasteiger charge is 2.30. The van der Waals surface area contributed by atoms with E-state index >= 15 is 0 Å². The van der Waals surface area contributed by atoms with E-state index in [1.54, 1.807) is 24.1 Å². The van der Waals surface area contributed by atoms with E-state index in [1.807, 2.05) is 19.1 Å². The number of hydrogen-bond acceptors (Lipinski definition) is 3. The molecule has 92 valence electrons. The molecule has 0 radical (unpaired) electrons. The maximum absolute atomic E-state index is 12.2. The zero-order valence-corrected chi connectivity index (χ0v) is 10.2. The molecule has 17 heavy (non-hydrogen) atoms. The summed E-state index contributed by atoms with van der Waals surface area (Å²) in [5, 5.41) is 0. The number of carbonyl (C=O) groups is 1. The molecule has 4 heteroatoms. The number of nitrogens with zero attached hydrogens (tertiary/aromatic N) is 1. The summed E-state index contributed by atoms with van der Waals surface area (Å²) < 4.78 is 5.57. The lowest BCUT2D eigenvalue weighted by Gasteiger charge is -2.21. The molecule has 1 aliphatic rings. The Kier molecular flexibility index (Phi) is 3.33. The van der Waals surface area contributed by atoms with Crippen molar-refractivity contribution in [1.82, 2.24) is 0 Å². The van der Waals surface area contributed by atoms with E-state index < -0.39 is 0 Å². The van der Waals surface area contributed by atoms with E-state index in [-0.39, 0.29) is 18.1 Å². The van der Waals surface area contributed by atoms with Crippen LogP contribution in [0.15, 0.2) is 24.3 Å². The lowest BCUT2D eigenvalue weighted by molar-refractivity contribution is -0.128. The highest BCUT2D eigenvalue weighted by Crippen LogP contribution is 2.23. The number of rotatable bonds is 2. The quantitative estimate of drug-likeness (QED) is 0.794. The lowest BCUT2D eigenvalue weighted by atomic mass is 10.2. The van der Waals surface area contributed by atoms with Crippen molar-refractivity contribution >= 4 is 17.3 Å². The highest BCUT2D eigenvalue weighted by atomic mass is 16.5. The fourth-order valence-corrected chi connectivity index (χ4v) is 2.06. The predicted octanol–water partition coefficient (Wildman–Crippen LogP) is 1.80. The molecule has 2 N–H and O–H groups in total. The Balaban J connectivity index is 2.09. The van der Waals surface area contributed by atoms with Crippen molar-refractivity contribution in [3.8, 4) is 0 Å². The van der Waals surface area contributed by atoms with Gasteiger partial charge in [-0.1, -0.05) is 6.07 Å². The topological polar surface area (TPSA) is 55.6 Å². The zero-order chi connectivity index (χ0) is 12.4. The first-order valence-corrected chi connectivity index (χ1v) is 5.86. The summed E-state index contributed by atoms with van der Waals surface area (Å²) in [5.41, 5.74) is 7.16. The number of nitrogen functional groups attached to an aromatic ring is 1. The molecular weight excluding hydrogens is 216 g/mol. The maximum atomic E-state index is 12.2. The summed E-state index contributed by atoms with van der Waals surface area (Å²) in [7, 11) is 1.75. The van der Waals surface area contributed by atoms with Gasteiger partial charge >= 0.3 is 0 Å². The third-order valence-electron chi connectivity index (χ3n) is 3.10. The summed E-state index contributed by atoms with van der Waals surface area (Å²) in [6, 6.07) is 7.30. The minimum absolute atomic E-state index is 0.0000463. The number of hydrogen-bond donors (Lipinski definition) is 1. The number of ether oxygens (including phenoxy) is 1. The molecule has 0 aliphatic carbocycles. The molecule has 1 amide bonds. The van der Waals surface area contributed by atoms with Gasteiger partial charge in [-0.05, 0) is 38.0 Å². The normalized spacial score (nSPS) is 23.6. The molecule has 1 heterocycles. The zero-order valence-electron chi connectivity index (χ0n) is 10.2. The van der Waals surface area contributed by atoms with E-state index in [1.165, 1.54) is 0 Å². The van der Waals surface area contributed by atoms with Crippen LogP contribution in [0.5, 0.6) is 0 Å². The molecule has 4 nitrogen and oxygen atoms in total. The van der Waals surface area contributed by atoms with Gasteiger partial charge in [0.15, 0.2) is 0 Å². The lowest BCUT2D eigenvalue weighted by Crippen LogP contribution is -2.36. The van der Waals surface area contributed by atoms with Crippen LogP contribution < -0.4 is 10.6 Å². The first-order valence-electron chi connectivity index (χ1n) is 5.86. The average Bonchev–Trinajstić information content (AvgIpc) is 2.74. The maximum Gasteiger partial charge on any atom is 0.255 e. The van der Waals surface area contributed by atoms with Gasteiger partial charge in [-0.2, -0.15) is 0 Å². The van der Waals surface area contributed by atoms with Crippen LogP contribution >= 0.6 is 0 Å². The fraction of sp³-hybridized carbons (Fsp3) is 0.462. The monoisotopic (exact) mass is 234 g/mol. The van der Waals surface area contributed by atoms with Gasteiger partial charge in [-0.25, -0.2) is 0 Å². The molecule has 1 aromatic carbocycles. The summed E-state index contributed by atoms with van der Waals surface area (Å²) in [6.45, 7) is 1.99. The van der Waals surface area contributed by atoms with Gasteiger partial charge in [0, 0.05) is 18.4 Å². The van der Waals surface area contributed by atoms with E-state index in [0.29, 0.717) is 5.69 Å². The van der Waals surface area contributed by atoms with Crippen LogP contribution in [0.4, 0.5) is 11.4 Å². The van der Waals surface area contributed by atoms with Gasteiger partial charge in [0.05, 0.1) is 6.10 Å². The van der Waals surface area contributed by atoms with Crippen molar-refractivity contribution in [3.05, 3.63) is 24.3 Å². The van der Waals surface area contributed by atoms with Crippen molar-refractivity contribution in [1.29, 1.82) is 0 Å². The SMILES string of the molecule is CC1CCC(C(=O)N(C)c2cccc(N)c2)O1. The van der Waals surface area contributed by atoms with Crippen molar-refractivity contribution in [2.45, 2.75) is 32.0 Å². The van der Waals surface area contributed by atoms with Gasteiger partial charge in [0.2, 0.25) is 0 Å². The number of likely N-dealkylation sites (N-methyl/N-ethyl adjacent to an activating group) is 1. The Hall–Kier alpha value is -1.55. The smallest absolute Gasteiger partial charge is 0.255 e. The van der Waals surface area contributed by atoms with Crippen molar-refractivity contribution in [3.63, 3.8) is 0 Å². The Morgan fingerprint density at radius 2 is 2.24 bits per heavy atom. The molecule has 1 fully saturated rings. The molecule has 1 saturated heterocycles. The molecule has 0 saturated carbocycles. The van der Waals surface area contributed by atoms with E-state index in [4.69, 9.17) is 10.5 Å². The van der Waals surface area contributed by atoms with E-state index in [0.717, 1.165) is 18.5 Å². The molecule has 2 atom stereocenters. The minimum atomic E-state index is -0.309. The van der Waals surface area contributed by atoms with Crippen molar-refractivity contribution in [2.75, 3.05) is 17.7 Å². The van der Waals surface area contributed by atoms with Crippen LogP contribution in [-0.4, -0.2) is 25.2 Å².